The summed E-state index contributed by atoms with van der Waals surface area (Å²) in [6, 6.07) is 60.8. The van der Waals surface area contributed by atoms with Crippen molar-refractivity contribution >= 4 is 67.9 Å². The molecule has 0 amide bonds. The van der Waals surface area contributed by atoms with E-state index in [0.717, 1.165) is 56.1 Å². The van der Waals surface area contributed by atoms with Gasteiger partial charge in [-0.3, -0.25) is 13.7 Å². The Hall–Kier alpha value is -7.22. The molecule has 0 atom stereocenters. The zero-order valence-corrected chi connectivity index (χ0v) is 39.4. The number of ether oxygens (including phenoxy) is 1. The standard InChI is InChI=1S/C58H53N5OSi/c1-57(2,3)39-33-34-59-55(35-39)63-49-26-14-11-23-45(49)46-32-31-42(37-53(46)63)64-41-20-17-19-40(36-41)60-38-61(51-28-16-15-27-50(51)60)56-52(29-18-30-54(56)65(7,8)58(4,5)6)62-47-24-12-9-21-43(47)44-22-10-13-25-48(44)62/h9-37H,1-8H3. The molecule has 0 bridgehead atoms. The van der Waals surface area contributed by atoms with E-state index in [4.69, 9.17) is 9.72 Å². The maximum absolute atomic E-state index is 6.80. The lowest BCUT2D eigenvalue weighted by atomic mass is 9.88. The number of aromatic nitrogens is 5. The van der Waals surface area contributed by atoms with Crippen LogP contribution < -0.4 is 14.5 Å². The van der Waals surface area contributed by atoms with E-state index in [1.54, 1.807) is 0 Å². The van der Waals surface area contributed by atoms with Crippen LogP contribution >= 0.6 is 0 Å². The Morgan fingerprint density at radius 3 is 1.78 bits per heavy atom. The first kappa shape index (κ1) is 40.5. The largest absolute Gasteiger partial charge is 0.458 e. The highest BCUT2D eigenvalue weighted by Crippen LogP contribution is 2.40. The van der Waals surface area contributed by atoms with Crippen molar-refractivity contribution in [1.82, 2.24) is 18.7 Å². The maximum atomic E-state index is 6.80. The van der Waals surface area contributed by atoms with E-state index in [1.807, 2.05) is 12.3 Å². The van der Waals surface area contributed by atoms with Gasteiger partial charge in [0.05, 0.1) is 58.2 Å². The minimum absolute atomic E-state index is 0.0136. The van der Waals surface area contributed by atoms with Crippen LogP contribution in [-0.4, -0.2) is 26.8 Å². The summed E-state index contributed by atoms with van der Waals surface area (Å²) in [5, 5.41) is 6.29. The van der Waals surface area contributed by atoms with E-state index in [0.29, 0.717) is 0 Å². The molecule has 11 rings (SSSR count). The highest BCUT2D eigenvalue weighted by atomic mass is 28.3. The summed E-state index contributed by atoms with van der Waals surface area (Å²) in [4.78, 5) is 4.89. The highest BCUT2D eigenvalue weighted by Gasteiger charge is 2.40. The van der Waals surface area contributed by atoms with Gasteiger partial charge in [0.1, 0.15) is 17.3 Å². The molecule has 7 aromatic carbocycles. The van der Waals surface area contributed by atoms with E-state index in [2.05, 4.69) is 243 Å². The maximum Gasteiger partial charge on any atom is 0.269 e. The molecule has 4 heterocycles. The predicted molar refractivity (Wildman–Crippen MR) is 272 cm³/mol. The minimum Gasteiger partial charge on any atom is -0.458 e. The minimum atomic E-state index is -2.15. The molecule has 0 aliphatic carbocycles. The second kappa shape index (κ2) is 14.9. The van der Waals surface area contributed by atoms with E-state index >= 15 is 0 Å². The van der Waals surface area contributed by atoms with Gasteiger partial charge >= 0.3 is 0 Å². The zero-order chi connectivity index (χ0) is 44.8. The number of nitrogens with zero attached hydrogens (tertiary/aromatic N) is 5. The second-order valence-electron chi connectivity index (χ2n) is 20.0. The molecule has 7 heteroatoms. The number of imidazole rings is 1. The lowest BCUT2D eigenvalue weighted by Gasteiger charge is -2.39. The summed E-state index contributed by atoms with van der Waals surface area (Å²) in [5.41, 5.74) is 11.1. The van der Waals surface area contributed by atoms with E-state index < -0.39 is 8.07 Å². The van der Waals surface area contributed by atoms with Crippen LogP contribution in [0.5, 0.6) is 11.5 Å². The van der Waals surface area contributed by atoms with Crippen LogP contribution in [0, 0.1) is 6.33 Å². The number of hydrogen-bond acceptors (Lipinski definition) is 2. The molecule has 0 saturated carbocycles. The molecule has 320 valence electrons. The third-order valence-corrected chi connectivity index (χ3v) is 19.5. The smallest absolute Gasteiger partial charge is 0.269 e. The number of fused-ring (bicyclic) bond motifs is 7. The molecular weight excluding hydrogens is 811 g/mol. The van der Waals surface area contributed by atoms with Crippen molar-refractivity contribution < 1.29 is 9.30 Å². The first-order chi connectivity index (χ1) is 31.3. The van der Waals surface area contributed by atoms with Crippen molar-refractivity contribution in [3.05, 3.63) is 188 Å². The number of para-hydroxylation sites is 6. The van der Waals surface area contributed by atoms with Crippen LogP contribution in [0.2, 0.25) is 18.1 Å². The van der Waals surface area contributed by atoms with Crippen molar-refractivity contribution in [3.8, 4) is 34.4 Å². The van der Waals surface area contributed by atoms with Gasteiger partial charge < -0.3 is 9.30 Å². The van der Waals surface area contributed by atoms with Crippen molar-refractivity contribution in [2.75, 3.05) is 0 Å². The number of benzene rings is 7. The fraction of sp³-hybridized carbons (Fsp3) is 0.172. The number of pyridine rings is 1. The van der Waals surface area contributed by atoms with Gasteiger partial charge in [-0.25, -0.2) is 4.98 Å². The summed E-state index contributed by atoms with van der Waals surface area (Å²) < 4.78 is 16.0. The third-order valence-electron chi connectivity index (χ3n) is 14.0. The van der Waals surface area contributed by atoms with Gasteiger partial charge in [-0.05, 0) is 87.9 Å². The van der Waals surface area contributed by atoms with Crippen LogP contribution in [0.15, 0.2) is 176 Å². The van der Waals surface area contributed by atoms with Crippen molar-refractivity contribution in [2.24, 2.45) is 0 Å². The monoisotopic (exact) mass is 863 g/mol. The lowest BCUT2D eigenvalue weighted by molar-refractivity contribution is -0.571. The summed E-state index contributed by atoms with van der Waals surface area (Å²) in [7, 11) is -2.15. The second-order valence-corrected chi connectivity index (χ2v) is 25.2. The average Bonchev–Trinajstić information content (AvgIpc) is 3.96. The molecule has 0 saturated heterocycles. The van der Waals surface area contributed by atoms with Gasteiger partial charge in [0.15, 0.2) is 0 Å². The first-order valence-corrected chi connectivity index (χ1v) is 25.6. The third kappa shape index (κ3) is 6.59. The molecule has 4 aromatic heterocycles. The Balaban J connectivity index is 1.07. The van der Waals surface area contributed by atoms with Crippen LogP contribution in [-0.2, 0) is 5.41 Å². The molecule has 0 aliphatic rings. The average molecular weight is 864 g/mol. The first-order valence-electron chi connectivity index (χ1n) is 22.6. The molecule has 0 N–H and O–H groups in total. The Kier molecular flexibility index (Phi) is 9.31. The molecule has 0 fully saturated rings. The van der Waals surface area contributed by atoms with Gasteiger partial charge in [0.2, 0.25) is 0 Å². The van der Waals surface area contributed by atoms with Crippen molar-refractivity contribution in [1.29, 1.82) is 0 Å². The van der Waals surface area contributed by atoms with Crippen LogP contribution in [0.4, 0.5) is 0 Å². The lowest BCUT2D eigenvalue weighted by Crippen LogP contribution is -2.54. The van der Waals surface area contributed by atoms with E-state index in [-0.39, 0.29) is 10.5 Å². The molecule has 0 aliphatic heterocycles. The molecular formula is C58H53N5OSi. The highest BCUT2D eigenvalue weighted by molar-refractivity contribution is 6.92. The van der Waals surface area contributed by atoms with Gasteiger partial charge in [-0.2, -0.15) is 0 Å². The molecule has 6 nitrogen and oxygen atoms in total. The SMILES string of the molecule is CC(C)(C)c1ccnc(-n2c3ccccc3c3ccc(Oc4cccc(-n5[c-][n+](-c6c(-n7c8ccccc8c8ccccc87)cccc6[Si](C)(C)C(C)(C)C)c6ccccc65)c4)cc32)c1. The fourth-order valence-electron chi connectivity index (χ4n) is 9.54. The van der Waals surface area contributed by atoms with Gasteiger partial charge in [-0.1, -0.05) is 152 Å². The molecule has 0 unspecified atom stereocenters. The Morgan fingerprint density at radius 1 is 0.538 bits per heavy atom. The van der Waals surface area contributed by atoms with Gasteiger partial charge in [-0.15, -0.1) is 0 Å². The van der Waals surface area contributed by atoms with Gasteiger partial charge in [0.25, 0.3) is 6.33 Å². The molecule has 65 heavy (non-hydrogen) atoms. The topological polar surface area (TPSA) is 40.8 Å². The fourth-order valence-corrected chi connectivity index (χ4v) is 11.7. The number of hydrogen-bond donors (Lipinski definition) is 0. The van der Waals surface area contributed by atoms with Crippen molar-refractivity contribution in [2.45, 2.75) is 65.1 Å². The van der Waals surface area contributed by atoms with Crippen molar-refractivity contribution in [3.63, 3.8) is 0 Å². The summed E-state index contributed by atoms with van der Waals surface area (Å²) in [5.74, 6) is 2.38. The Labute approximate surface area is 381 Å². The summed E-state index contributed by atoms with van der Waals surface area (Å²) >= 11 is 0. The zero-order valence-electron chi connectivity index (χ0n) is 38.4. The Morgan fingerprint density at radius 2 is 1.12 bits per heavy atom. The molecule has 0 radical (unpaired) electrons. The molecule has 11 aromatic rings. The van der Waals surface area contributed by atoms with Crippen LogP contribution in [0.25, 0.3) is 77.5 Å². The van der Waals surface area contributed by atoms with E-state index in [1.165, 1.54) is 43.6 Å². The summed E-state index contributed by atoms with van der Waals surface area (Å²) in [6.07, 6.45) is 5.85. The van der Waals surface area contributed by atoms with Crippen LogP contribution in [0.3, 0.4) is 0 Å². The predicted octanol–water partition coefficient (Wildman–Crippen LogP) is 14.1. The normalized spacial score (nSPS) is 12.6. The van der Waals surface area contributed by atoms with Gasteiger partial charge in [0, 0.05) is 33.8 Å². The number of rotatable bonds is 7. The summed E-state index contributed by atoms with van der Waals surface area (Å²) in [6.45, 7) is 18.9. The Bertz CT molecular complexity index is 3600. The quantitative estimate of drug-likeness (QED) is 0.0910. The van der Waals surface area contributed by atoms with Crippen LogP contribution in [0.1, 0.15) is 47.1 Å². The molecule has 0 spiro atoms. The van der Waals surface area contributed by atoms with E-state index in [9.17, 15) is 0 Å².